The van der Waals surface area contributed by atoms with Crippen molar-refractivity contribution < 1.29 is 9.13 Å². The van der Waals surface area contributed by atoms with Gasteiger partial charge < -0.3 is 10.1 Å². The Labute approximate surface area is 101 Å². The van der Waals surface area contributed by atoms with E-state index in [9.17, 15) is 4.39 Å². The molecule has 1 saturated carbocycles. The van der Waals surface area contributed by atoms with Gasteiger partial charge in [-0.3, -0.25) is 0 Å². The van der Waals surface area contributed by atoms with Crippen LogP contribution in [0.3, 0.4) is 0 Å². The summed E-state index contributed by atoms with van der Waals surface area (Å²) in [5, 5.41) is 3.47. The molecule has 0 aromatic heterocycles. The number of hydrogen-bond donors (Lipinski definition) is 1. The summed E-state index contributed by atoms with van der Waals surface area (Å²) in [5.74, 6) is 1.21. The van der Waals surface area contributed by atoms with E-state index in [1.807, 2.05) is 6.07 Å². The van der Waals surface area contributed by atoms with Crippen LogP contribution in [0, 0.1) is 11.7 Å². The third-order valence-corrected chi connectivity index (χ3v) is 3.70. The van der Waals surface area contributed by atoms with E-state index in [0.29, 0.717) is 12.0 Å². The molecular weight excluding hydrogens is 217 g/mol. The molecule has 1 aromatic carbocycles. The quantitative estimate of drug-likeness (QED) is 0.869. The van der Waals surface area contributed by atoms with E-state index in [2.05, 4.69) is 12.2 Å². The van der Waals surface area contributed by atoms with Crippen molar-refractivity contribution in [2.75, 3.05) is 6.54 Å². The van der Waals surface area contributed by atoms with Crippen LogP contribution in [0.4, 0.5) is 4.39 Å². The van der Waals surface area contributed by atoms with Gasteiger partial charge in [0.2, 0.25) is 0 Å². The third kappa shape index (κ3) is 2.16. The minimum atomic E-state index is -0.213. The summed E-state index contributed by atoms with van der Waals surface area (Å²) >= 11 is 0. The predicted molar refractivity (Wildman–Crippen MR) is 64.6 cm³/mol. The first-order chi connectivity index (χ1) is 8.28. The van der Waals surface area contributed by atoms with Crippen LogP contribution in [0.25, 0.3) is 0 Å². The van der Waals surface area contributed by atoms with E-state index in [4.69, 9.17) is 4.74 Å². The van der Waals surface area contributed by atoms with Crippen LogP contribution in [0.2, 0.25) is 0 Å². The van der Waals surface area contributed by atoms with Gasteiger partial charge in [-0.05, 0) is 31.4 Å². The molecule has 1 aliphatic heterocycles. The SMILES string of the molecule is CCNC1CC(C2CC2)Oc2cc(F)ccc21. The fraction of sp³-hybridized carbons (Fsp3) is 0.571. The topological polar surface area (TPSA) is 21.3 Å². The van der Waals surface area contributed by atoms with Gasteiger partial charge in [0.15, 0.2) is 0 Å². The number of fused-ring (bicyclic) bond motifs is 1. The minimum Gasteiger partial charge on any atom is -0.490 e. The molecule has 1 aromatic rings. The number of rotatable bonds is 3. The average molecular weight is 235 g/mol. The number of halogens is 1. The molecule has 0 radical (unpaired) electrons. The van der Waals surface area contributed by atoms with E-state index in [1.165, 1.54) is 25.0 Å². The summed E-state index contributed by atoms with van der Waals surface area (Å²) < 4.78 is 19.2. The van der Waals surface area contributed by atoms with Crippen LogP contribution in [0.1, 0.15) is 37.8 Å². The molecule has 92 valence electrons. The molecule has 3 heteroatoms. The lowest BCUT2D eigenvalue weighted by atomic mass is 9.94. The zero-order chi connectivity index (χ0) is 11.8. The Hall–Kier alpha value is -1.09. The normalized spacial score (nSPS) is 27.4. The van der Waals surface area contributed by atoms with Crippen LogP contribution in [-0.2, 0) is 0 Å². The molecule has 3 rings (SSSR count). The fourth-order valence-corrected chi connectivity index (χ4v) is 2.66. The van der Waals surface area contributed by atoms with Crippen LogP contribution in [-0.4, -0.2) is 12.6 Å². The third-order valence-electron chi connectivity index (χ3n) is 3.70. The van der Waals surface area contributed by atoms with Crippen molar-refractivity contribution in [3.05, 3.63) is 29.6 Å². The van der Waals surface area contributed by atoms with Gasteiger partial charge in [-0.1, -0.05) is 13.0 Å². The number of ether oxygens (including phenoxy) is 1. The Morgan fingerprint density at radius 3 is 2.94 bits per heavy atom. The second-order valence-corrected chi connectivity index (χ2v) is 5.02. The van der Waals surface area contributed by atoms with Gasteiger partial charge in [-0.15, -0.1) is 0 Å². The largest absolute Gasteiger partial charge is 0.490 e. The molecule has 1 fully saturated rings. The van der Waals surface area contributed by atoms with Crippen LogP contribution in [0.5, 0.6) is 5.75 Å². The number of hydrogen-bond acceptors (Lipinski definition) is 2. The first-order valence-corrected chi connectivity index (χ1v) is 6.47. The van der Waals surface area contributed by atoms with Gasteiger partial charge in [0.05, 0.1) is 0 Å². The molecule has 2 aliphatic rings. The van der Waals surface area contributed by atoms with E-state index in [0.717, 1.165) is 24.3 Å². The van der Waals surface area contributed by atoms with Crippen molar-refractivity contribution in [2.24, 2.45) is 5.92 Å². The number of nitrogens with one attached hydrogen (secondary N) is 1. The van der Waals surface area contributed by atoms with Crippen LogP contribution in [0.15, 0.2) is 18.2 Å². The Balaban J connectivity index is 1.90. The monoisotopic (exact) mass is 235 g/mol. The molecule has 0 spiro atoms. The lowest BCUT2D eigenvalue weighted by Gasteiger charge is -2.32. The summed E-state index contributed by atoms with van der Waals surface area (Å²) in [6.07, 6.45) is 3.80. The maximum Gasteiger partial charge on any atom is 0.127 e. The molecule has 1 N–H and O–H groups in total. The summed E-state index contributed by atoms with van der Waals surface area (Å²) in [7, 11) is 0. The number of benzene rings is 1. The van der Waals surface area contributed by atoms with Gasteiger partial charge in [-0.2, -0.15) is 0 Å². The molecule has 1 aliphatic carbocycles. The second-order valence-electron chi connectivity index (χ2n) is 5.02. The minimum absolute atomic E-state index is 0.213. The highest BCUT2D eigenvalue weighted by molar-refractivity contribution is 5.38. The van der Waals surface area contributed by atoms with E-state index >= 15 is 0 Å². The standard InChI is InChI=1S/C14H18FNO/c1-2-16-12-8-13(9-3-4-9)17-14-7-10(15)5-6-11(12)14/h5-7,9,12-13,16H,2-4,8H2,1H3. The van der Waals surface area contributed by atoms with Gasteiger partial charge in [0, 0.05) is 24.1 Å². The highest BCUT2D eigenvalue weighted by Crippen LogP contribution is 2.44. The van der Waals surface area contributed by atoms with E-state index < -0.39 is 0 Å². The average Bonchev–Trinajstić information content (AvgIpc) is 3.12. The smallest absolute Gasteiger partial charge is 0.127 e. The van der Waals surface area contributed by atoms with Crippen molar-refractivity contribution in [1.29, 1.82) is 0 Å². The molecule has 0 amide bonds. The molecule has 17 heavy (non-hydrogen) atoms. The van der Waals surface area contributed by atoms with Gasteiger partial charge in [-0.25, -0.2) is 4.39 Å². The van der Waals surface area contributed by atoms with E-state index in [-0.39, 0.29) is 11.9 Å². The second kappa shape index (κ2) is 4.30. The summed E-state index contributed by atoms with van der Waals surface area (Å²) in [6, 6.07) is 5.20. The molecule has 2 nitrogen and oxygen atoms in total. The highest BCUT2D eigenvalue weighted by Gasteiger charge is 2.38. The molecule has 2 unspecified atom stereocenters. The molecular formula is C14H18FNO. The molecule has 0 bridgehead atoms. The van der Waals surface area contributed by atoms with Crippen molar-refractivity contribution in [2.45, 2.75) is 38.3 Å². The van der Waals surface area contributed by atoms with Gasteiger partial charge in [0.1, 0.15) is 17.7 Å². The Morgan fingerprint density at radius 2 is 2.24 bits per heavy atom. The maximum absolute atomic E-state index is 13.3. The lowest BCUT2D eigenvalue weighted by molar-refractivity contribution is 0.129. The Morgan fingerprint density at radius 1 is 1.41 bits per heavy atom. The van der Waals surface area contributed by atoms with Gasteiger partial charge >= 0.3 is 0 Å². The zero-order valence-electron chi connectivity index (χ0n) is 10.1. The highest BCUT2D eigenvalue weighted by atomic mass is 19.1. The molecule has 0 saturated heterocycles. The first kappa shape index (κ1) is 11.0. The van der Waals surface area contributed by atoms with Crippen LogP contribution < -0.4 is 10.1 Å². The first-order valence-electron chi connectivity index (χ1n) is 6.47. The van der Waals surface area contributed by atoms with E-state index in [1.54, 1.807) is 0 Å². The summed E-state index contributed by atoms with van der Waals surface area (Å²) in [5.41, 5.74) is 1.10. The van der Waals surface area contributed by atoms with Crippen molar-refractivity contribution in [1.82, 2.24) is 5.32 Å². The lowest BCUT2D eigenvalue weighted by Crippen LogP contribution is -2.34. The van der Waals surface area contributed by atoms with Crippen LogP contribution >= 0.6 is 0 Å². The Kier molecular flexibility index (Phi) is 2.79. The Bertz CT molecular complexity index is 417. The van der Waals surface area contributed by atoms with Crippen molar-refractivity contribution >= 4 is 0 Å². The molecule has 2 atom stereocenters. The van der Waals surface area contributed by atoms with Crippen molar-refractivity contribution in [3.8, 4) is 5.75 Å². The summed E-state index contributed by atoms with van der Waals surface area (Å²) in [4.78, 5) is 0. The van der Waals surface area contributed by atoms with Crippen molar-refractivity contribution in [3.63, 3.8) is 0 Å². The fourth-order valence-electron chi connectivity index (χ4n) is 2.66. The molecule has 1 heterocycles. The predicted octanol–water partition coefficient (Wildman–Crippen LogP) is 3.04. The maximum atomic E-state index is 13.3. The summed E-state index contributed by atoms with van der Waals surface area (Å²) in [6.45, 7) is 3.03. The zero-order valence-corrected chi connectivity index (χ0v) is 10.1. The van der Waals surface area contributed by atoms with Gasteiger partial charge in [0.25, 0.3) is 0 Å².